The summed E-state index contributed by atoms with van der Waals surface area (Å²) in [5.74, 6) is 0.301. The number of carbonyl (C=O) groups excluding carboxylic acids is 1. The van der Waals surface area contributed by atoms with Crippen LogP contribution in [0.1, 0.15) is 32.8 Å². The third kappa shape index (κ3) is 6.36. The number of anilines is 1. The standard InChI is InChI=1S/C21H28N2O3S2/c1-21(2,3)16-10-12-17(13-11-16)22-20(24)19(14-15-27-4)23-28(25,26)18-8-6-5-7-9-18/h5-13,19,23H,14-15H2,1-4H3,(H,22,24). The Morgan fingerprint density at radius 2 is 1.64 bits per heavy atom. The van der Waals surface area contributed by atoms with Gasteiger partial charge in [-0.25, -0.2) is 8.42 Å². The summed E-state index contributed by atoms with van der Waals surface area (Å²) in [6.07, 6.45) is 2.32. The Labute approximate surface area is 172 Å². The first-order chi connectivity index (χ1) is 13.1. The maximum atomic E-state index is 12.8. The average molecular weight is 421 g/mol. The van der Waals surface area contributed by atoms with Crippen LogP contribution in [0, 0.1) is 0 Å². The highest BCUT2D eigenvalue weighted by atomic mass is 32.2. The van der Waals surface area contributed by atoms with Crippen LogP contribution < -0.4 is 10.0 Å². The zero-order valence-electron chi connectivity index (χ0n) is 16.7. The van der Waals surface area contributed by atoms with Gasteiger partial charge in [0.05, 0.1) is 4.90 Å². The minimum absolute atomic E-state index is 0.0226. The summed E-state index contributed by atoms with van der Waals surface area (Å²) in [6, 6.07) is 14.9. The van der Waals surface area contributed by atoms with E-state index in [0.29, 0.717) is 17.9 Å². The molecule has 0 aliphatic heterocycles. The Morgan fingerprint density at radius 3 is 2.18 bits per heavy atom. The van der Waals surface area contributed by atoms with Crippen LogP contribution in [-0.2, 0) is 20.2 Å². The minimum Gasteiger partial charge on any atom is -0.325 e. The molecule has 2 aromatic carbocycles. The smallest absolute Gasteiger partial charge is 0.242 e. The highest BCUT2D eigenvalue weighted by molar-refractivity contribution is 7.98. The van der Waals surface area contributed by atoms with E-state index in [1.165, 1.54) is 12.1 Å². The molecule has 2 rings (SSSR count). The van der Waals surface area contributed by atoms with Gasteiger partial charge in [0.2, 0.25) is 15.9 Å². The van der Waals surface area contributed by atoms with Crippen LogP contribution in [-0.4, -0.2) is 32.4 Å². The summed E-state index contributed by atoms with van der Waals surface area (Å²) in [6.45, 7) is 6.37. The molecule has 0 aliphatic rings. The van der Waals surface area contributed by atoms with Gasteiger partial charge in [0.1, 0.15) is 6.04 Å². The highest BCUT2D eigenvalue weighted by Crippen LogP contribution is 2.23. The van der Waals surface area contributed by atoms with Gasteiger partial charge in [0.15, 0.2) is 0 Å². The van der Waals surface area contributed by atoms with Crippen LogP contribution in [0.5, 0.6) is 0 Å². The Kier molecular flexibility index (Phi) is 7.69. The largest absolute Gasteiger partial charge is 0.325 e. The predicted octanol–water partition coefficient (Wildman–Crippen LogP) is 4.02. The lowest BCUT2D eigenvalue weighted by Gasteiger charge is -2.20. The molecule has 7 heteroatoms. The third-order valence-electron chi connectivity index (χ3n) is 4.30. The van der Waals surface area contributed by atoms with Gasteiger partial charge in [-0.15, -0.1) is 0 Å². The van der Waals surface area contributed by atoms with Crippen LogP contribution in [0.3, 0.4) is 0 Å². The van der Waals surface area contributed by atoms with Crippen molar-refractivity contribution in [3.63, 3.8) is 0 Å². The molecule has 0 saturated heterocycles. The molecule has 0 bridgehead atoms. The molecule has 0 spiro atoms. The van der Waals surface area contributed by atoms with Gasteiger partial charge in [-0.3, -0.25) is 4.79 Å². The molecule has 0 aliphatic carbocycles. The molecule has 152 valence electrons. The van der Waals surface area contributed by atoms with E-state index >= 15 is 0 Å². The van der Waals surface area contributed by atoms with Gasteiger partial charge in [-0.2, -0.15) is 16.5 Å². The van der Waals surface area contributed by atoms with Crippen molar-refractivity contribution < 1.29 is 13.2 Å². The number of carbonyl (C=O) groups is 1. The van der Waals surface area contributed by atoms with Gasteiger partial charge in [-0.05, 0) is 53.7 Å². The topological polar surface area (TPSA) is 75.3 Å². The molecule has 2 aromatic rings. The molecule has 28 heavy (non-hydrogen) atoms. The van der Waals surface area contributed by atoms with Gasteiger partial charge < -0.3 is 5.32 Å². The van der Waals surface area contributed by atoms with Gasteiger partial charge in [0.25, 0.3) is 0 Å². The van der Waals surface area contributed by atoms with E-state index in [1.54, 1.807) is 30.0 Å². The molecule has 1 atom stereocenters. The Morgan fingerprint density at radius 1 is 1.04 bits per heavy atom. The second-order valence-electron chi connectivity index (χ2n) is 7.59. The van der Waals surface area contributed by atoms with Crippen LogP contribution in [0.4, 0.5) is 5.69 Å². The normalized spacial score (nSPS) is 13.1. The quantitative estimate of drug-likeness (QED) is 0.676. The number of amides is 1. The molecule has 1 amide bonds. The van der Waals surface area contributed by atoms with Crippen molar-refractivity contribution in [2.75, 3.05) is 17.3 Å². The maximum absolute atomic E-state index is 12.8. The Hall–Kier alpha value is -1.83. The Balaban J connectivity index is 2.15. The van der Waals surface area contributed by atoms with Crippen LogP contribution in [0.15, 0.2) is 59.5 Å². The fourth-order valence-corrected chi connectivity index (χ4v) is 4.34. The molecule has 1 unspecified atom stereocenters. The first-order valence-electron chi connectivity index (χ1n) is 9.11. The second-order valence-corrected chi connectivity index (χ2v) is 10.3. The van der Waals surface area contributed by atoms with Crippen molar-refractivity contribution in [3.05, 3.63) is 60.2 Å². The Bertz CT molecular complexity index is 874. The van der Waals surface area contributed by atoms with Crippen LogP contribution in [0.25, 0.3) is 0 Å². The van der Waals surface area contributed by atoms with Gasteiger partial charge in [-0.1, -0.05) is 51.1 Å². The number of hydrogen-bond acceptors (Lipinski definition) is 4. The summed E-state index contributed by atoms with van der Waals surface area (Å²) in [4.78, 5) is 12.9. The first kappa shape index (κ1) is 22.5. The zero-order chi connectivity index (χ0) is 20.8. The SMILES string of the molecule is CSCCC(NS(=O)(=O)c1ccccc1)C(=O)Nc1ccc(C(C)(C)C)cc1. The van der Waals surface area contributed by atoms with E-state index in [9.17, 15) is 13.2 Å². The minimum atomic E-state index is -3.77. The number of hydrogen-bond donors (Lipinski definition) is 2. The fourth-order valence-electron chi connectivity index (χ4n) is 2.62. The lowest BCUT2D eigenvalue weighted by atomic mass is 9.87. The van der Waals surface area contributed by atoms with Crippen molar-refractivity contribution in [2.45, 2.75) is 43.5 Å². The monoisotopic (exact) mass is 420 g/mol. The van der Waals surface area contributed by atoms with Gasteiger partial charge >= 0.3 is 0 Å². The van der Waals surface area contributed by atoms with E-state index < -0.39 is 16.1 Å². The molecule has 0 heterocycles. The number of rotatable bonds is 8. The fraction of sp³-hybridized carbons (Fsp3) is 0.381. The van der Waals surface area contributed by atoms with Crippen molar-refractivity contribution >= 4 is 33.4 Å². The van der Waals surface area contributed by atoms with Crippen molar-refractivity contribution in [2.24, 2.45) is 0 Å². The lowest BCUT2D eigenvalue weighted by molar-refractivity contribution is -0.117. The lowest BCUT2D eigenvalue weighted by Crippen LogP contribution is -2.44. The summed E-state index contributed by atoms with van der Waals surface area (Å²) < 4.78 is 27.8. The van der Waals surface area contributed by atoms with E-state index in [-0.39, 0.29) is 16.2 Å². The number of benzene rings is 2. The van der Waals surface area contributed by atoms with Crippen molar-refractivity contribution in [1.29, 1.82) is 0 Å². The third-order valence-corrected chi connectivity index (χ3v) is 6.43. The molecule has 0 aromatic heterocycles. The maximum Gasteiger partial charge on any atom is 0.242 e. The van der Waals surface area contributed by atoms with Crippen molar-refractivity contribution in [3.8, 4) is 0 Å². The molecule has 0 saturated carbocycles. The predicted molar refractivity (Wildman–Crippen MR) is 117 cm³/mol. The summed E-state index contributed by atoms with van der Waals surface area (Å²) >= 11 is 1.57. The van der Waals surface area contributed by atoms with E-state index in [2.05, 4.69) is 30.8 Å². The summed E-state index contributed by atoms with van der Waals surface area (Å²) in [5, 5.41) is 2.83. The summed E-state index contributed by atoms with van der Waals surface area (Å²) in [5.41, 5.74) is 1.83. The number of nitrogens with one attached hydrogen (secondary N) is 2. The first-order valence-corrected chi connectivity index (χ1v) is 12.0. The summed E-state index contributed by atoms with van der Waals surface area (Å²) in [7, 11) is -3.77. The van der Waals surface area contributed by atoms with Crippen LogP contribution in [0.2, 0.25) is 0 Å². The highest BCUT2D eigenvalue weighted by Gasteiger charge is 2.25. The average Bonchev–Trinajstić information content (AvgIpc) is 2.65. The molecule has 0 fully saturated rings. The molecular weight excluding hydrogens is 392 g/mol. The molecule has 5 nitrogen and oxygen atoms in total. The van der Waals surface area contributed by atoms with E-state index in [4.69, 9.17) is 0 Å². The zero-order valence-corrected chi connectivity index (χ0v) is 18.4. The number of sulfonamides is 1. The molecular formula is C21H28N2O3S2. The van der Waals surface area contributed by atoms with E-state index in [1.807, 2.05) is 30.5 Å². The second kappa shape index (κ2) is 9.58. The number of thioether (sulfide) groups is 1. The molecule has 2 N–H and O–H groups in total. The van der Waals surface area contributed by atoms with Crippen molar-refractivity contribution in [1.82, 2.24) is 4.72 Å². The van der Waals surface area contributed by atoms with Gasteiger partial charge in [0, 0.05) is 5.69 Å². The molecule has 0 radical (unpaired) electrons. The van der Waals surface area contributed by atoms with E-state index in [0.717, 1.165) is 5.56 Å². The van der Waals surface area contributed by atoms with Crippen LogP contribution >= 0.6 is 11.8 Å².